The van der Waals surface area contributed by atoms with Crippen molar-refractivity contribution in [2.75, 3.05) is 12.8 Å². The van der Waals surface area contributed by atoms with Crippen LogP contribution in [0.3, 0.4) is 0 Å². The molecule has 0 aromatic heterocycles. The first-order valence-electron chi connectivity index (χ1n) is 6.31. The molecular weight excluding hydrogens is 230 g/mol. The molecule has 5 heteroatoms. The highest BCUT2D eigenvalue weighted by Gasteiger charge is 2.20. The van der Waals surface area contributed by atoms with E-state index in [9.17, 15) is 10.1 Å². The zero-order valence-corrected chi connectivity index (χ0v) is 10.6. The third-order valence-corrected chi connectivity index (χ3v) is 3.67. The van der Waals surface area contributed by atoms with Gasteiger partial charge in [0.2, 0.25) is 0 Å². The lowest BCUT2D eigenvalue weighted by molar-refractivity contribution is -0.384. The molecule has 1 saturated carbocycles. The van der Waals surface area contributed by atoms with Gasteiger partial charge in [0.1, 0.15) is 5.69 Å². The fourth-order valence-electron chi connectivity index (χ4n) is 2.61. The standard InChI is InChI=1S/C13H19N3O2/c1-15(11-4-2-3-5-11)9-10-6-7-12(14)13(8-10)16(17)18/h6-8,11H,2-5,9,14H2,1H3. The molecule has 5 nitrogen and oxygen atoms in total. The lowest BCUT2D eigenvalue weighted by Crippen LogP contribution is -2.28. The number of nitrogens with two attached hydrogens (primary N) is 1. The fourth-order valence-corrected chi connectivity index (χ4v) is 2.61. The summed E-state index contributed by atoms with van der Waals surface area (Å²) in [5.74, 6) is 0. The van der Waals surface area contributed by atoms with Crippen molar-refractivity contribution >= 4 is 11.4 Å². The number of anilines is 1. The van der Waals surface area contributed by atoms with Crippen LogP contribution in [0.4, 0.5) is 11.4 Å². The van der Waals surface area contributed by atoms with Crippen LogP contribution in [0.25, 0.3) is 0 Å². The molecule has 2 N–H and O–H groups in total. The SMILES string of the molecule is CN(Cc1ccc(N)c([N+](=O)[O-])c1)C1CCCC1. The summed E-state index contributed by atoms with van der Waals surface area (Å²) in [6.45, 7) is 0.742. The summed E-state index contributed by atoms with van der Waals surface area (Å²) < 4.78 is 0. The van der Waals surface area contributed by atoms with Crippen LogP contribution < -0.4 is 5.73 Å². The third kappa shape index (κ3) is 2.79. The van der Waals surface area contributed by atoms with E-state index in [1.807, 2.05) is 6.07 Å². The molecule has 1 aromatic carbocycles. The molecule has 1 fully saturated rings. The maximum absolute atomic E-state index is 10.8. The smallest absolute Gasteiger partial charge is 0.292 e. The second-order valence-corrected chi connectivity index (χ2v) is 5.00. The average molecular weight is 249 g/mol. The second-order valence-electron chi connectivity index (χ2n) is 5.00. The van der Waals surface area contributed by atoms with Gasteiger partial charge in [-0.2, -0.15) is 0 Å². The number of rotatable bonds is 4. The minimum Gasteiger partial charge on any atom is -0.393 e. The van der Waals surface area contributed by atoms with Crippen molar-refractivity contribution in [2.45, 2.75) is 38.3 Å². The zero-order chi connectivity index (χ0) is 13.1. The van der Waals surface area contributed by atoms with Crippen LogP contribution in [0.15, 0.2) is 18.2 Å². The summed E-state index contributed by atoms with van der Waals surface area (Å²) in [6, 6.07) is 5.69. The Balaban J connectivity index is 2.09. The van der Waals surface area contributed by atoms with Crippen LogP contribution in [0.1, 0.15) is 31.2 Å². The molecule has 0 amide bonds. The van der Waals surface area contributed by atoms with Crippen LogP contribution in [-0.2, 0) is 6.54 Å². The number of benzene rings is 1. The molecule has 2 rings (SSSR count). The topological polar surface area (TPSA) is 72.4 Å². The first kappa shape index (κ1) is 12.8. The van der Waals surface area contributed by atoms with Crippen molar-refractivity contribution in [3.63, 3.8) is 0 Å². The van der Waals surface area contributed by atoms with Crippen molar-refractivity contribution < 1.29 is 4.92 Å². The molecule has 1 aromatic rings. The Hall–Kier alpha value is -1.62. The molecule has 0 saturated heterocycles. The number of nitrogen functional groups attached to an aromatic ring is 1. The van der Waals surface area contributed by atoms with Crippen molar-refractivity contribution in [3.8, 4) is 0 Å². The third-order valence-electron chi connectivity index (χ3n) is 3.67. The number of nitro benzene ring substituents is 1. The normalized spacial score (nSPS) is 16.3. The Morgan fingerprint density at radius 2 is 2.11 bits per heavy atom. The maximum atomic E-state index is 10.8. The van der Waals surface area contributed by atoms with E-state index >= 15 is 0 Å². The van der Waals surface area contributed by atoms with Gasteiger partial charge in [0.25, 0.3) is 5.69 Å². The molecule has 0 heterocycles. The van der Waals surface area contributed by atoms with Crippen LogP contribution in [-0.4, -0.2) is 22.9 Å². The molecule has 1 aliphatic carbocycles. The first-order valence-corrected chi connectivity index (χ1v) is 6.31. The van der Waals surface area contributed by atoms with Gasteiger partial charge in [-0.25, -0.2) is 0 Å². The molecule has 98 valence electrons. The quantitative estimate of drug-likeness (QED) is 0.505. The highest BCUT2D eigenvalue weighted by molar-refractivity contribution is 5.59. The van der Waals surface area contributed by atoms with Crippen molar-refractivity contribution in [1.29, 1.82) is 0 Å². The molecule has 0 radical (unpaired) electrons. The van der Waals surface area contributed by atoms with Gasteiger partial charge < -0.3 is 5.73 Å². The van der Waals surface area contributed by atoms with Gasteiger partial charge in [-0.15, -0.1) is 0 Å². The molecule has 18 heavy (non-hydrogen) atoms. The zero-order valence-electron chi connectivity index (χ0n) is 10.6. The van der Waals surface area contributed by atoms with E-state index in [1.54, 1.807) is 12.1 Å². The average Bonchev–Trinajstić information content (AvgIpc) is 2.85. The molecule has 0 unspecified atom stereocenters. The van der Waals surface area contributed by atoms with E-state index < -0.39 is 4.92 Å². The molecular formula is C13H19N3O2. The second kappa shape index (κ2) is 5.35. The van der Waals surface area contributed by atoms with Gasteiger partial charge in [-0.3, -0.25) is 15.0 Å². The fraction of sp³-hybridized carbons (Fsp3) is 0.538. The highest BCUT2D eigenvalue weighted by Crippen LogP contribution is 2.26. The summed E-state index contributed by atoms with van der Waals surface area (Å²) in [6.07, 6.45) is 5.04. The van der Waals surface area contributed by atoms with Crippen molar-refractivity contribution in [2.24, 2.45) is 0 Å². The van der Waals surface area contributed by atoms with E-state index in [2.05, 4.69) is 11.9 Å². The Kier molecular flexibility index (Phi) is 3.81. The maximum Gasteiger partial charge on any atom is 0.292 e. The van der Waals surface area contributed by atoms with Gasteiger partial charge in [-0.1, -0.05) is 18.9 Å². The summed E-state index contributed by atoms with van der Waals surface area (Å²) in [7, 11) is 2.08. The molecule has 0 atom stereocenters. The van der Waals surface area contributed by atoms with E-state index in [-0.39, 0.29) is 11.4 Å². The van der Waals surface area contributed by atoms with Crippen LogP contribution in [0.2, 0.25) is 0 Å². The van der Waals surface area contributed by atoms with Gasteiger partial charge in [0.05, 0.1) is 4.92 Å². The van der Waals surface area contributed by atoms with Crippen LogP contribution in [0, 0.1) is 10.1 Å². The van der Waals surface area contributed by atoms with E-state index in [1.165, 1.54) is 25.7 Å². The van der Waals surface area contributed by atoms with E-state index in [4.69, 9.17) is 5.73 Å². The van der Waals surface area contributed by atoms with Gasteiger partial charge in [0, 0.05) is 18.7 Å². The summed E-state index contributed by atoms with van der Waals surface area (Å²) >= 11 is 0. The van der Waals surface area contributed by atoms with Crippen molar-refractivity contribution in [1.82, 2.24) is 4.90 Å². The van der Waals surface area contributed by atoms with E-state index in [0.717, 1.165) is 12.1 Å². The molecule has 0 spiro atoms. The minimum absolute atomic E-state index is 0.00678. The highest BCUT2D eigenvalue weighted by atomic mass is 16.6. The van der Waals surface area contributed by atoms with Crippen molar-refractivity contribution in [3.05, 3.63) is 33.9 Å². The molecule has 1 aliphatic rings. The minimum atomic E-state index is -0.422. The predicted molar refractivity (Wildman–Crippen MR) is 71.2 cm³/mol. The van der Waals surface area contributed by atoms with Gasteiger partial charge in [-0.05, 0) is 31.5 Å². The number of hydrogen-bond donors (Lipinski definition) is 1. The predicted octanol–water partition coefficient (Wildman–Crippen LogP) is 2.55. The van der Waals surface area contributed by atoms with Crippen LogP contribution in [0.5, 0.6) is 0 Å². The van der Waals surface area contributed by atoms with Crippen LogP contribution >= 0.6 is 0 Å². The van der Waals surface area contributed by atoms with Gasteiger partial charge >= 0.3 is 0 Å². The monoisotopic (exact) mass is 249 g/mol. The summed E-state index contributed by atoms with van der Waals surface area (Å²) in [4.78, 5) is 12.7. The Bertz CT molecular complexity index is 442. The molecule has 0 aliphatic heterocycles. The first-order chi connectivity index (χ1) is 8.58. The Morgan fingerprint density at radius 1 is 1.44 bits per heavy atom. The Morgan fingerprint density at radius 3 is 2.72 bits per heavy atom. The number of nitro groups is 1. The Labute approximate surface area is 107 Å². The summed E-state index contributed by atoms with van der Waals surface area (Å²) in [5, 5.41) is 10.8. The number of nitrogens with zero attached hydrogens (tertiary/aromatic N) is 2. The van der Waals surface area contributed by atoms with Gasteiger partial charge in [0.15, 0.2) is 0 Å². The van der Waals surface area contributed by atoms with E-state index in [0.29, 0.717) is 6.04 Å². The lowest BCUT2D eigenvalue weighted by Gasteiger charge is -2.23. The largest absolute Gasteiger partial charge is 0.393 e. The summed E-state index contributed by atoms with van der Waals surface area (Å²) in [5.41, 5.74) is 6.77. The lowest BCUT2D eigenvalue weighted by atomic mass is 10.1. The molecule has 0 bridgehead atoms. The number of hydrogen-bond acceptors (Lipinski definition) is 4.